The Morgan fingerprint density at radius 1 is 1.33 bits per heavy atom. The number of anilines is 1. The number of amides is 1. The largest absolute Gasteiger partial charge is 0.301 e. The summed E-state index contributed by atoms with van der Waals surface area (Å²) in [6.45, 7) is 7.13. The van der Waals surface area contributed by atoms with Crippen molar-refractivity contribution in [3.05, 3.63) is 28.8 Å². The van der Waals surface area contributed by atoms with Crippen molar-refractivity contribution in [2.24, 2.45) is 11.3 Å². The molecule has 1 aliphatic rings. The van der Waals surface area contributed by atoms with Gasteiger partial charge in [0.25, 0.3) is 0 Å². The van der Waals surface area contributed by atoms with Crippen LogP contribution in [0.1, 0.15) is 33.3 Å². The standard InChI is InChI=1S/C16H17ClN2O2/c1-9(2)13-14(20)16(3,4)15(21)19(13)11-6-5-10(8-18)12(17)7-11/h5-7,9,13H,1-4H3. The molecule has 1 unspecified atom stereocenters. The molecule has 0 saturated carbocycles. The molecular formula is C16H17ClN2O2. The third-order valence-corrected chi connectivity index (χ3v) is 4.21. The monoisotopic (exact) mass is 304 g/mol. The summed E-state index contributed by atoms with van der Waals surface area (Å²) >= 11 is 6.05. The third-order valence-electron chi connectivity index (χ3n) is 3.90. The van der Waals surface area contributed by atoms with E-state index in [1.54, 1.807) is 32.0 Å². The van der Waals surface area contributed by atoms with Crippen molar-refractivity contribution in [2.75, 3.05) is 4.90 Å². The third kappa shape index (κ3) is 2.32. The number of hydrogen-bond acceptors (Lipinski definition) is 3. The van der Waals surface area contributed by atoms with Crippen LogP contribution in [-0.2, 0) is 9.59 Å². The molecule has 21 heavy (non-hydrogen) atoms. The van der Waals surface area contributed by atoms with E-state index in [1.165, 1.54) is 4.90 Å². The first kappa shape index (κ1) is 15.5. The van der Waals surface area contributed by atoms with Crippen LogP contribution in [-0.4, -0.2) is 17.7 Å². The number of carbonyl (C=O) groups excluding carboxylic acids is 2. The smallest absolute Gasteiger partial charge is 0.240 e. The van der Waals surface area contributed by atoms with Gasteiger partial charge in [-0.1, -0.05) is 25.4 Å². The molecule has 1 aromatic rings. The lowest BCUT2D eigenvalue weighted by Gasteiger charge is -2.26. The van der Waals surface area contributed by atoms with Gasteiger partial charge in [0.15, 0.2) is 5.78 Å². The van der Waals surface area contributed by atoms with E-state index >= 15 is 0 Å². The fourth-order valence-electron chi connectivity index (χ4n) is 2.64. The van der Waals surface area contributed by atoms with Gasteiger partial charge < -0.3 is 4.90 Å². The van der Waals surface area contributed by atoms with Crippen LogP contribution in [0.4, 0.5) is 5.69 Å². The molecule has 110 valence electrons. The van der Waals surface area contributed by atoms with Crippen LogP contribution in [0.3, 0.4) is 0 Å². The molecule has 1 aromatic carbocycles. The molecular weight excluding hydrogens is 288 g/mol. The molecule has 4 nitrogen and oxygen atoms in total. The van der Waals surface area contributed by atoms with Gasteiger partial charge in [0.05, 0.1) is 16.6 Å². The first-order chi connectivity index (χ1) is 9.71. The number of carbonyl (C=O) groups is 2. The Bertz CT molecular complexity index is 659. The normalized spacial score (nSPS) is 21.0. The minimum atomic E-state index is -1.03. The van der Waals surface area contributed by atoms with Crippen molar-refractivity contribution in [1.82, 2.24) is 0 Å². The minimum Gasteiger partial charge on any atom is -0.301 e. The van der Waals surface area contributed by atoms with Crippen LogP contribution in [0, 0.1) is 22.7 Å². The fourth-order valence-corrected chi connectivity index (χ4v) is 2.86. The molecule has 1 fully saturated rings. The lowest BCUT2D eigenvalue weighted by atomic mass is 9.85. The average Bonchev–Trinajstić information content (AvgIpc) is 2.59. The van der Waals surface area contributed by atoms with E-state index in [0.717, 1.165) is 0 Å². The van der Waals surface area contributed by atoms with Crippen molar-refractivity contribution in [3.8, 4) is 6.07 Å². The van der Waals surface area contributed by atoms with Gasteiger partial charge in [-0.15, -0.1) is 0 Å². The fraction of sp³-hybridized carbons (Fsp3) is 0.438. The molecule has 5 heteroatoms. The van der Waals surface area contributed by atoms with Crippen molar-refractivity contribution in [2.45, 2.75) is 33.7 Å². The molecule has 1 atom stereocenters. The Labute approximate surface area is 129 Å². The number of nitriles is 1. The van der Waals surface area contributed by atoms with Crippen LogP contribution >= 0.6 is 11.6 Å². The van der Waals surface area contributed by atoms with E-state index in [0.29, 0.717) is 11.3 Å². The maximum Gasteiger partial charge on any atom is 0.240 e. The van der Waals surface area contributed by atoms with E-state index in [-0.39, 0.29) is 22.6 Å². The molecule has 1 heterocycles. The summed E-state index contributed by atoms with van der Waals surface area (Å²) in [4.78, 5) is 26.7. The summed E-state index contributed by atoms with van der Waals surface area (Å²) in [6, 6.07) is 6.28. The highest BCUT2D eigenvalue weighted by molar-refractivity contribution is 6.32. The second-order valence-electron chi connectivity index (χ2n) is 6.13. The topological polar surface area (TPSA) is 61.2 Å². The highest BCUT2D eigenvalue weighted by atomic mass is 35.5. The Hall–Kier alpha value is -1.86. The Balaban J connectivity index is 2.55. The highest BCUT2D eigenvalue weighted by Crippen LogP contribution is 2.39. The Morgan fingerprint density at radius 2 is 1.95 bits per heavy atom. The van der Waals surface area contributed by atoms with Gasteiger partial charge >= 0.3 is 0 Å². The van der Waals surface area contributed by atoms with Crippen LogP contribution in [0.15, 0.2) is 18.2 Å². The molecule has 1 saturated heterocycles. The number of nitrogens with zero attached hydrogens (tertiary/aromatic N) is 2. The molecule has 0 spiro atoms. The first-order valence-electron chi connectivity index (χ1n) is 6.79. The zero-order valence-corrected chi connectivity index (χ0v) is 13.2. The molecule has 1 aliphatic heterocycles. The van der Waals surface area contributed by atoms with Gasteiger partial charge in [-0.2, -0.15) is 5.26 Å². The van der Waals surface area contributed by atoms with Crippen LogP contribution in [0.5, 0.6) is 0 Å². The molecule has 0 N–H and O–H groups in total. The second kappa shape index (κ2) is 5.16. The van der Waals surface area contributed by atoms with Crippen LogP contribution in [0.2, 0.25) is 5.02 Å². The lowest BCUT2D eigenvalue weighted by Crippen LogP contribution is -2.39. The van der Waals surface area contributed by atoms with Gasteiger partial charge in [-0.3, -0.25) is 9.59 Å². The number of benzene rings is 1. The summed E-state index contributed by atoms with van der Waals surface area (Å²) in [6.07, 6.45) is 0. The number of Topliss-reactive ketones (excluding diaryl/α,β-unsaturated/α-hetero) is 1. The zero-order valence-electron chi connectivity index (χ0n) is 12.5. The van der Waals surface area contributed by atoms with Gasteiger partial charge in [-0.05, 0) is 38.0 Å². The maximum absolute atomic E-state index is 12.6. The lowest BCUT2D eigenvalue weighted by molar-refractivity contribution is -0.133. The van der Waals surface area contributed by atoms with Crippen molar-refractivity contribution in [3.63, 3.8) is 0 Å². The van der Waals surface area contributed by atoms with Gasteiger partial charge in [0.2, 0.25) is 5.91 Å². The predicted octanol–water partition coefficient (Wildman–Crippen LogP) is 3.18. The van der Waals surface area contributed by atoms with Crippen molar-refractivity contribution in [1.29, 1.82) is 5.26 Å². The van der Waals surface area contributed by atoms with Gasteiger partial charge in [0.1, 0.15) is 11.5 Å². The predicted molar refractivity (Wildman–Crippen MR) is 81.1 cm³/mol. The van der Waals surface area contributed by atoms with E-state index < -0.39 is 11.5 Å². The van der Waals surface area contributed by atoms with E-state index in [4.69, 9.17) is 16.9 Å². The summed E-state index contributed by atoms with van der Waals surface area (Å²) < 4.78 is 0. The molecule has 2 rings (SSSR count). The number of hydrogen-bond donors (Lipinski definition) is 0. The Kier molecular flexibility index (Phi) is 3.81. The maximum atomic E-state index is 12.6. The van der Waals surface area contributed by atoms with E-state index in [1.807, 2.05) is 19.9 Å². The van der Waals surface area contributed by atoms with E-state index in [9.17, 15) is 9.59 Å². The van der Waals surface area contributed by atoms with Crippen LogP contribution in [0.25, 0.3) is 0 Å². The molecule has 0 radical (unpaired) electrons. The molecule has 0 bridgehead atoms. The van der Waals surface area contributed by atoms with Gasteiger partial charge in [0, 0.05) is 5.69 Å². The SMILES string of the molecule is CC(C)C1C(=O)C(C)(C)C(=O)N1c1ccc(C#N)c(Cl)c1. The van der Waals surface area contributed by atoms with Crippen molar-refractivity contribution >= 4 is 29.0 Å². The average molecular weight is 305 g/mol. The summed E-state index contributed by atoms with van der Waals surface area (Å²) in [5, 5.41) is 9.20. The van der Waals surface area contributed by atoms with Crippen LogP contribution < -0.4 is 4.90 Å². The second-order valence-corrected chi connectivity index (χ2v) is 6.54. The first-order valence-corrected chi connectivity index (χ1v) is 7.17. The molecule has 0 aromatic heterocycles. The van der Waals surface area contributed by atoms with Crippen molar-refractivity contribution < 1.29 is 9.59 Å². The molecule has 1 amide bonds. The Morgan fingerprint density at radius 3 is 2.43 bits per heavy atom. The number of rotatable bonds is 2. The quantitative estimate of drug-likeness (QED) is 0.788. The summed E-state index contributed by atoms with van der Waals surface area (Å²) in [5.74, 6) is -0.312. The zero-order chi connectivity index (χ0) is 15.9. The van der Waals surface area contributed by atoms with E-state index in [2.05, 4.69) is 0 Å². The number of ketones is 1. The number of halogens is 1. The summed E-state index contributed by atoms with van der Waals surface area (Å²) in [7, 11) is 0. The summed E-state index contributed by atoms with van der Waals surface area (Å²) in [5.41, 5.74) is -0.129. The van der Waals surface area contributed by atoms with Gasteiger partial charge in [-0.25, -0.2) is 0 Å². The highest BCUT2D eigenvalue weighted by Gasteiger charge is 2.54. The molecule has 0 aliphatic carbocycles. The minimum absolute atomic E-state index is 0.00218.